The molecule has 26 heavy (non-hydrogen) atoms. The van der Waals surface area contributed by atoms with E-state index in [2.05, 4.69) is 5.32 Å². The van der Waals surface area contributed by atoms with Gasteiger partial charge in [-0.05, 0) is 29.8 Å². The molecule has 3 rings (SSSR count). The third-order valence-corrected chi connectivity index (χ3v) is 4.22. The number of anilines is 1. The lowest BCUT2D eigenvalue weighted by Gasteiger charge is -2.29. The van der Waals surface area contributed by atoms with Gasteiger partial charge in [0, 0.05) is 19.4 Å². The molecule has 2 amide bonds. The molecule has 0 fully saturated rings. The van der Waals surface area contributed by atoms with Gasteiger partial charge in [-0.1, -0.05) is 24.3 Å². The van der Waals surface area contributed by atoms with Crippen molar-refractivity contribution in [2.75, 3.05) is 25.2 Å². The minimum absolute atomic E-state index is 0.0720. The van der Waals surface area contributed by atoms with Crippen LogP contribution in [0.2, 0.25) is 0 Å². The molecule has 0 saturated carbocycles. The first-order chi connectivity index (χ1) is 12.7. The van der Waals surface area contributed by atoms with Crippen molar-refractivity contribution in [3.63, 3.8) is 0 Å². The number of hydrogen-bond donors (Lipinski definition) is 1. The first-order valence-electron chi connectivity index (χ1n) is 8.59. The van der Waals surface area contributed by atoms with Crippen molar-refractivity contribution in [3.05, 3.63) is 54.1 Å². The fourth-order valence-electron chi connectivity index (χ4n) is 2.86. The van der Waals surface area contributed by atoms with Gasteiger partial charge < -0.3 is 19.7 Å². The first-order valence-corrected chi connectivity index (χ1v) is 8.59. The highest BCUT2D eigenvalue weighted by Gasteiger charge is 2.23. The lowest BCUT2D eigenvalue weighted by Crippen LogP contribution is -2.38. The maximum Gasteiger partial charge on any atom is 0.227 e. The SMILES string of the molecule is COc1cccc(CNC(=O)CCC(=O)N2CCOc3ccccc32)c1. The Morgan fingerprint density at radius 1 is 1.15 bits per heavy atom. The van der Waals surface area contributed by atoms with E-state index in [0.717, 1.165) is 17.0 Å². The second kappa shape index (κ2) is 8.38. The number of carbonyl (C=O) groups excluding carboxylic acids is 2. The Labute approximate surface area is 152 Å². The summed E-state index contributed by atoms with van der Waals surface area (Å²) >= 11 is 0. The van der Waals surface area contributed by atoms with Crippen molar-refractivity contribution in [1.29, 1.82) is 0 Å². The second-order valence-electron chi connectivity index (χ2n) is 5.99. The monoisotopic (exact) mass is 354 g/mol. The Morgan fingerprint density at radius 2 is 2.00 bits per heavy atom. The summed E-state index contributed by atoms with van der Waals surface area (Å²) in [5, 5.41) is 2.84. The molecule has 0 radical (unpaired) electrons. The van der Waals surface area contributed by atoms with Crippen molar-refractivity contribution >= 4 is 17.5 Å². The van der Waals surface area contributed by atoms with E-state index < -0.39 is 0 Å². The fraction of sp³-hybridized carbons (Fsp3) is 0.300. The van der Waals surface area contributed by atoms with E-state index >= 15 is 0 Å². The number of amides is 2. The molecule has 0 spiro atoms. The third kappa shape index (κ3) is 4.33. The summed E-state index contributed by atoms with van der Waals surface area (Å²) in [6.07, 6.45) is 0.320. The van der Waals surface area contributed by atoms with Crippen LogP contribution in [0.3, 0.4) is 0 Å². The summed E-state index contributed by atoms with van der Waals surface area (Å²) in [6, 6.07) is 15.0. The second-order valence-corrected chi connectivity index (χ2v) is 5.99. The molecule has 0 aliphatic carbocycles. The smallest absolute Gasteiger partial charge is 0.227 e. The third-order valence-electron chi connectivity index (χ3n) is 4.22. The van der Waals surface area contributed by atoms with Gasteiger partial charge in [-0.15, -0.1) is 0 Å². The summed E-state index contributed by atoms with van der Waals surface area (Å²) in [5.74, 6) is 1.23. The maximum absolute atomic E-state index is 12.5. The van der Waals surface area contributed by atoms with E-state index in [1.807, 2.05) is 48.5 Å². The summed E-state index contributed by atoms with van der Waals surface area (Å²) in [4.78, 5) is 26.3. The number of ether oxygens (including phenoxy) is 2. The van der Waals surface area contributed by atoms with Gasteiger partial charge >= 0.3 is 0 Å². The zero-order valence-corrected chi connectivity index (χ0v) is 14.7. The summed E-state index contributed by atoms with van der Waals surface area (Å²) in [5.41, 5.74) is 1.71. The van der Waals surface area contributed by atoms with Crippen LogP contribution in [0.5, 0.6) is 11.5 Å². The van der Waals surface area contributed by atoms with Crippen molar-refractivity contribution in [2.24, 2.45) is 0 Å². The van der Waals surface area contributed by atoms with Gasteiger partial charge in [0.2, 0.25) is 11.8 Å². The van der Waals surface area contributed by atoms with Gasteiger partial charge in [-0.3, -0.25) is 9.59 Å². The minimum atomic E-state index is -0.150. The number of rotatable bonds is 6. The topological polar surface area (TPSA) is 67.9 Å². The number of nitrogens with one attached hydrogen (secondary N) is 1. The first kappa shape index (κ1) is 17.8. The molecule has 0 aromatic heterocycles. The number of nitrogens with zero attached hydrogens (tertiary/aromatic N) is 1. The maximum atomic E-state index is 12.5. The lowest BCUT2D eigenvalue weighted by atomic mass is 10.2. The predicted octanol–water partition coefficient (Wildman–Crippen LogP) is 2.52. The van der Waals surface area contributed by atoms with Crippen LogP contribution in [0.25, 0.3) is 0 Å². The number of methoxy groups -OCH3 is 1. The lowest BCUT2D eigenvalue weighted by molar-refractivity contribution is -0.125. The Kier molecular flexibility index (Phi) is 5.73. The van der Waals surface area contributed by atoms with Crippen molar-refractivity contribution in [2.45, 2.75) is 19.4 Å². The van der Waals surface area contributed by atoms with Crippen molar-refractivity contribution < 1.29 is 19.1 Å². The van der Waals surface area contributed by atoms with Crippen molar-refractivity contribution in [3.8, 4) is 11.5 Å². The molecule has 0 unspecified atom stereocenters. The number of carbonyl (C=O) groups is 2. The molecular weight excluding hydrogens is 332 g/mol. The van der Waals surface area contributed by atoms with Gasteiger partial charge in [0.25, 0.3) is 0 Å². The molecule has 0 saturated heterocycles. The van der Waals surface area contributed by atoms with E-state index in [1.165, 1.54) is 0 Å². The average molecular weight is 354 g/mol. The number of benzene rings is 2. The largest absolute Gasteiger partial charge is 0.497 e. The van der Waals surface area contributed by atoms with Gasteiger partial charge in [0.1, 0.15) is 18.1 Å². The molecule has 0 bridgehead atoms. The van der Waals surface area contributed by atoms with E-state index in [-0.39, 0.29) is 24.7 Å². The highest BCUT2D eigenvalue weighted by atomic mass is 16.5. The Hall–Kier alpha value is -3.02. The van der Waals surface area contributed by atoms with E-state index in [0.29, 0.717) is 25.4 Å². The molecule has 2 aromatic rings. The van der Waals surface area contributed by atoms with Crippen LogP contribution >= 0.6 is 0 Å². The number of fused-ring (bicyclic) bond motifs is 1. The standard InChI is InChI=1S/C20H22N2O4/c1-25-16-6-4-5-15(13-16)14-21-19(23)9-10-20(24)22-11-12-26-18-8-3-2-7-17(18)22/h2-8,13H,9-12,14H2,1H3,(H,21,23). The summed E-state index contributed by atoms with van der Waals surface area (Å²) in [6.45, 7) is 1.37. The average Bonchev–Trinajstić information content (AvgIpc) is 2.70. The van der Waals surface area contributed by atoms with E-state index in [1.54, 1.807) is 12.0 Å². The molecule has 1 aliphatic rings. The molecule has 1 N–H and O–H groups in total. The van der Waals surface area contributed by atoms with Crippen molar-refractivity contribution in [1.82, 2.24) is 5.32 Å². The fourth-order valence-corrected chi connectivity index (χ4v) is 2.86. The molecule has 0 atom stereocenters. The highest BCUT2D eigenvalue weighted by molar-refractivity contribution is 5.97. The van der Waals surface area contributed by atoms with Crippen LogP contribution in [0.15, 0.2) is 48.5 Å². The molecule has 6 heteroatoms. The van der Waals surface area contributed by atoms with Crippen LogP contribution in [0, 0.1) is 0 Å². The summed E-state index contributed by atoms with van der Waals surface area (Å²) < 4.78 is 10.7. The molecular formula is C20H22N2O4. The Morgan fingerprint density at radius 3 is 2.85 bits per heavy atom. The van der Waals surface area contributed by atoms with E-state index in [9.17, 15) is 9.59 Å². The van der Waals surface area contributed by atoms with Crippen LogP contribution in [-0.4, -0.2) is 32.1 Å². The molecule has 1 aliphatic heterocycles. The zero-order valence-electron chi connectivity index (χ0n) is 14.7. The van der Waals surface area contributed by atoms with Crippen LogP contribution < -0.4 is 19.7 Å². The normalized spacial score (nSPS) is 12.7. The predicted molar refractivity (Wildman–Crippen MR) is 98.4 cm³/mol. The van der Waals surface area contributed by atoms with Gasteiger partial charge in [0.15, 0.2) is 0 Å². The van der Waals surface area contributed by atoms with Crippen LogP contribution in [0.4, 0.5) is 5.69 Å². The molecule has 136 valence electrons. The van der Waals surface area contributed by atoms with E-state index in [4.69, 9.17) is 9.47 Å². The van der Waals surface area contributed by atoms with Crippen LogP contribution in [0.1, 0.15) is 18.4 Å². The minimum Gasteiger partial charge on any atom is -0.497 e. The van der Waals surface area contributed by atoms with Gasteiger partial charge in [-0.2, -0.15) is 0 Å². The van der Waals surface area contributed by atoms with Crippen LogP contribution in [-0.2, 0) is 16.1 Å². The molecule has 2 aromatic carbocycles. The molecule has 6 nitrogen and oxygen atoms in total. The highest BCUT2D eigenvalue weighted by Crippen LogP contribution is 2.31. The zero-order chi connectivity index (χ0) is 18.4. The quantitative estimate of drug-likeness (QED) is 0.866. The number of hydrogen-bond acceptors (Lipinski definition) is 4. The Bertz CT molecular complexity index is 791. The van der Waals surface area contributed by atoms with Gasteiger partial charge in [-0.25, -0.2) is 0 Å². The molecule has 1 heterocycles. The number of para-hydroxylation sites is 2. The Balaban J connectivity index is 1.49. The van der Waals surface area contributed by atoms with Gasteiger partial charge in [0.05, 0.1) is 19.3 Å². The summed E-state index contributed by atoms with van der Waals surface area (Å²) in [7, 11) is 1.60.